The zero-order valence-electron chi connectivity index (χ0n) is 18.4. The van der Waals surface area contributed by atoms with Gasteiger partial charge in [0.2, 0.25) is 5.91 Å². The maximum atomic E-state index is 13.0. The third-order valence-electron chi connectivity index (χ3n) is 4.78. The Morgan fingerprint density at radius 1 is 1.10 bits per heavy atom. The van der Waals surface area contributed by atoms with E-state index < -0.39 is 6.04 Å². The summed E-state index contributed by atoms with van der Waals surface area (Å²) in [5, 5.41) is 3.56. The standard InChI is InChI=1S/C24H31ClN2O3/c1-16(2)13-26-24(29)19(5)27(14-20-8-6-7-17(3)11-20)23(28)15-30-21-9-10-22(25)18(4)12-21/h6-12,16,19H,13-15H2,1-5H3,(H,26,29). The molecule has 0 radical (unpaired) electrons. The Hall–Kier alpha value is -2.53. The topological polar surface area (TPSA) is 58.6 Å². The average molecular weight is 431 g/mol. The summed E-state index contributed by atoms with van der Waals surface area (Å²) in [6.45, 7) is 10.4. The van der Waals surface area contributed by atoms with Crippen LogP contribution in [0.2, 0.25) is 5.02 Å². The molecule has 0 aliphatic carbocycles. The summed E-state index contributed by atoms with van der Waals surface area (Å²) >= 11 is 6.05. The molecule has 0 fully saturated rings. The van der Waals surface area contributed by atoms with Crippen LogP contribution in [0.1, 0.15) is 37.5 Å². The molecule has 2 aromatic carbocycles. The molecule has 5 nitrogen and oxygen atoms in total. The molecule has 162 valence electrons. The number of rotatable bonds is 9. The van der Waals surface area contributed by atoms with Gasteiger partial charge in [0.25, 0.3) is 5.91 Å². The second-order valence-electron chi connectivity index (χ2n) is 8.03. The van der Waals surface area contributed by atoms with Crippen LogP contribution >= 0.6 is 11.6 Å². The largest absolute Gasteiger partial charge is 0.484 e. The van der Waals surface area contributed by atoms with E-state index in [9.17, 15) is 9.59 Å². The molecular weight excluding hydrogens is 400 g/mol. The molecule has 2 rings (SSSR count). The number of hydrogen-bond acceptors (Lipinski definition) is 3. The van der Waals surface area contributed by atoms with E-state index in [1.54, 1.807) is 30.0 Å². The van der Waals surface area contributed by atoms with Gasteiger partial charge in [0.1, 0.15) is 11.8 Å². The lowest BCUT2D eigenvalue weighted by atomic mass is 10.1. The van der Waals surface area contributed by atoms with E-state index in [1.807, 2.05) is 52.0 Å². The predicted octanol–water partition coefficient (Wildman–Crippen LogP) is 4.53. The highest BCUT2D eigenvalue weighted by Gasteiger charge is 2.26. The summed E-state index contributed by atoms with van der Waals surface area (Å²) in [4.78, 5) is 27.2. The monoisotopic (exact) mass is 430 g/mol. The Balaban J connectivity index is 2.14. The fourth-order valence-electron chi connectivity index (χ4n) is 2.98. The molecule has 0 aromatic heterocycles. The van der Waals surface area contributed by atoms with E-state index in [0.717, 1.165) is 16.7 Å². The fraction of sp³-hybridized carbons (Fsp3) is 0.417. The van der Waals surface area contributed by atoms with Gasteiger partial charge < -0.3 is 15.0 Å². The molecule has 0 saturated heterocycles. The predicted molar refractivity (Wildman–Crippen MR) is 121 cm³/mol. The zero-order valence-corrected chi connectivity index (χ0v) is 19.1. The number of carbonyl (C=O) groups excluding carboxylic acids is 2. The SMILES string of the molecule is Cc1cccc(CN(C(=O)COc2ccc(Cl)c(C)c2)C(C)C(=O)NCC(C)C)c1. The molecule has 1 N–H and O–H groups in total. The number of carbonyl (C=O) groups is 2. The van der Waals surface area contributed by atoms with Gasteiger partial charge >= 0.3 is 0 Å². The first kappa shape index (κ1) is 23.7. The van der Waals surface area contributed by atoms with E-state index in [0.29, 0.717) is 29.8 Å². The third kappa shape index (κ3) is 7.06. The molecule has 6 heteroatoms. The Labute approximate surface area is 184 Å². The smallest absolute Gasteiger partial charge is 0.261 e. The van der Waals surface area contributed by atoms with Gasteiger partial charge in [-0.25, -0.2) is 0 Å². The molecule has 0 aliphatic rings. The highest BCUT2D eigenvalue weighted by Crippen LogP contribution is 2.21. The number of aryl methyl sites for hydroxylation is 2. The molecule has 0 spiro atoms. The lowest BCUT2D eigenvalue weighted by Crippen LogP contribution is -2.49. The van der Waals surface area contributed by atoms with Crippen LogP contribution in [0.4, 0.5) is 0 Å². The van der Waals surface area contributed by atoms with Crippen molar-refractivity contribution in [2.45, 2.75) is 47.2 Å². The minimum Gasteiger partial charge on any atom is -0.484 e. The second-order valence-corrected chi connectivity index (χ2v) is 8.43. The van der Waals surface area contributed by atoms with Crippen molar-refractivity contribution >= 4 is 23.4 Å². The van der Waals surface area contributed by atoms with Gasteiger partial charge in [-0.15, -0.1) is 0 Å². The normalized spacial score (nSPS) is 11.8. The summed E-state index contributed by atoms with van der Waals surface area (Å²) in [5.74, 6) is 0.472. The quantitative estimate of drug-likeness (QED) is 0.636. The number of nitrogens with zero attached hydrogens (tertiary/aromatic N) is 1. The molecule has 1 unspecified atom stereocenters. The van der Waals surface area contributed by atoms with Crippen molar-refractivity contribution in [3.63, 3.8) is 0 Å². The van der Waals surface area contributed by atoms with Gasteiger partial charge in [-0.1, -0.05) is 55.3 Å². The number of halogens is 1. The van der Waals surface area contributed by atoms with Crippen molar-refractivity contribution < 1.29 is 14.3 Å². The average Bonchev–Trinajstić information content (AvgIpc) is 2.70. The Morgan fingerprint density at radius 3 is 2.47 bits per heavy atom. The Morgan fingerprint density at radius 2 is 1.83 bits per heavy atom. The lowest BCUT2D eigenvalue weighted by molar-refractivity contribution is -0.142. The van der Waals surface area contributed by atoms with Gasteiger partial charge in [-0.2, -0.15) is 0 Å². The first-order chi connectivity index (χ1) is 14.2. The highest BCUT2D eigenvalue weighted by atomic mass is 35.5. The van der Waals surface area contributed by atoms with Crippen LogP contribution in [0, 0.1) is 19.8 Å². The van der Waals surface area contributed by atoms with Crippen molar-refractivity contribution in [2.75, 3.05) is 13.2 Å². The second kappa shape index (κ2) is 11.0. The molecule has 2 amide bonds. The van der Waals surface area contributed by atoms with Gasteiger partial charge in [0, 0.05) is 18.1 Å². The summed E-state index contributed by atoms with van der Waals surface area (Å²) in [7, 11) is 0. The van der Waals surface area contributed by atoms with Crippen LogP contribution in [-0.4, -0.2) is 35.9 Å². The Bertz CT molecular complexity index is 883. The molecule has 0 saturated carbocycles. The zero-order chi connectivity index (χ0) is 22.3. The summed E-state index contributed by atoms with van der Waals surface area (Å²) in [6.07, 6.45) is 0. The number of ether oxygens (including phenoxy) is 1. The molecule has 2 aromatic rings. The van der Waals surface area contributed by atoms with Crippen molar-refractivity contribution in [3.8, 4) is 5.75 Å². The molecule has 30 heavy (non-hydrogen) atoms. The van der Waals surface area contributed by atoms with Crippen LogP contribution in [0.25, 0.3) is 0 Å². The van der Waals surface area contributed by atoms with Crippen LogP contribution < -0.4 is 10.1 Å². The maximum absolute atomic E-state index is 13.0. The van der Waals surface area contributed by atoms with Gasteiger partial charge in [-0.05, 0) is 56.0 Å². The van der Waals surface area contributed by atoms with E-state index in [-0.39, 0.29) is 18.4 Å². The molecular formula is C24H31ClN2O3. The number of nitrogens with one attached hydrogen (secondary N) is 1. The molecule has 1 atom stereocenters. The van der Waals surface area contributed by atoms with Gasteiger partial charge in [0.15, 0.2) is 6.61 Å². The van der Waals surface area contributed by atoms with Gasteiger partial charge in [-0.3, -0.25) is 9.59 Å². The summed E-state index contributed by atoms with van der Waals surface area (Å²) in [6, 6.07) is 12.6. The van der Waals surface area contributed by atoms with Crippen molar-refractivity contribution in [1.29, 1.82) is 0 Å². The first-order valence-corrected chi connectivity index (χ1v) is 10.6. The minimum atomic E-state index is -0.618. The molecule has 0 heterocycles. The Kier molecular flexibility index (Phi) is 8.72. The van der Waals surface area contributed by atoms with Crippen LogP contribution in [0.5, 0.6) is 5.75 Å². The van der Waals surface area contributed by atoms with Crippen LogP contribution in [-0.2, 0) is 16.1 Å². The van der Waals surface area contributed by atoms with E-state index in [1.165, 1.54) is 0 Å². The van der Waals surface area contributed by atoms with Crippen LogP contribution in [0.3, 0.4) is 0 Å². The molecule has 0 bridgehead atoms. The number of hydrogen-bond donors (Lipinski definition) is 1. The lowest BCUT2D eigenvalue weighted by Gasteiger charge is -2.29. The third-order valence-corrected chi connectivity index (χ3v) is 5.20. The van der Waals surface area contributed by atoms with Crippen LogP contribution in [0.15, 0.2) is 42.5 Å². The first-order valence-electron chi connectivity index (χ1n) is 10.2. The fourth-order valence-corrected chi connectivity index (χ4v) is 3.09. The maximum Gasteiger partial charge on any atom is 0.261 e. The molecule has 0 aliphatic heterocycles. The summed E-state index contributed by atoms with van der Waals surface area (Å²) < 4.78 is 5.69. The van der Waals surface area contributed by atoms with Crippen molar-refractivity contribution in [2.24, 2.45) is 5.92 Å². The van der Waals surface area contributed by atoms with E-state index in [4.69, 9.17) is 16.3 Å². The van der Waals surface area contributed by atoms with E-state index in [2.05, 4.69) is 5.32 Å². The van der Waals surface area contributed by atoms with Gasteiger partial charge in [0.05, 0.1) is 0 Å². The number of amides is 2. The van der Waals surface area contributed by atoms with Crippen molar-refractivity contribution in [1.82, 2.24) is 10.2 Å². The minimum absolute atomic E-state index is 0.158. The number of benzene rings is 2. The highest BCUT2D eigenvalue weighted by molar-refractivity contribution is 6.31. The van der Waals surface area contributed by atoms with Crippen molar-refractivity contribution in [3.05, 3.63) is 64.2 Å². The summed E-state index contributed by atoms with van der Waals surface area (Å²) in [5.41, 5.74) is 2.94. The van der Waals surface area contributed by atoms with E-state index >= 15 is 0 Å².